The Hall–Kier alpha value is -3.67. The average molecular weight is 460 g/mol. The van der Waals surface area contributed by atoms with Crippen LogP contribution in [-0.4, -0.2) is 49.7 Å². The molecule has 0 aliphatic carbocycles. The highest BCUT2D eigenvalue weighted by atomic mass is 32.2. The number of hydrogen-bond donors (Lipinski definition) is 0. The molecule has 2 heterocycles. The summed E-state index contributed by atoms with van der Waals surface area (Å²) in [7, 11) is -3.82. The Morgan fingerprint density at radius 1 is 0.939 bits per heavy atom. The second kappa shape index (κ2) is 8.03. The largest absolute Gasteiger partial charge is 0.450 e. The van der Waals surface area contributed by atoms with Crippen LogP contribution in [0.5, 0.6) is 0 Å². The quantitative estimate of drug-likeness (QED) is 0.463. The highest BCUT2D eigenvalue weighted by Gasteiger charge is 2.33. The predicted molar refractivity (Wildman–Crippen MR) is 124 cm³/mol. The van der Waals surface area contributed by atoms with Crippen molar-refractivity contribution in [2.24, 2.45) is 0 Å². The first-order valence-electron chi connectivity index (χ1n) is 10.6. The van der Waals surface area contributed by atoms with E-state index in [-0.39, 0.29) is 48.3 Å². The van der Waals surface area contributed by atoms with Crippen LogP contribution in [0.4, 0.5) is 0 Å². The second-order valence-corrected chi connectivity index (χ2v) is 9.93. The van der Waals surface area contributed by atoms with Crippen LogP contribution in [0.25, 0.3) is 21.7 Å². The third kappa shape index (κ3) is 3.46. The summed E-state index contributed by atoms with van der Waals surface area (Å²) in [5.41, 5.74) is 1.57. The van der Waals surface area contributed by atoms with Crippen LogP contribution in [0, 0.1) is 18.3 Å². The van der Waals surface area contributed by atoms with Gasteiger partial charge in [-0.2, -0.15) is 9.57 Å². The molecular formula is C25H21N3O4S. The Labute approximate surface area is 191 Å². The molecular weight excluding hydrogens is 438 g/mol. The Balaban J connectivity index is 1.39. The van der Waals surface area contributed by atoms with E-state index in [9.17, 15) is 18.5 Å². The summed E-state index contributed by atoms with van der Waals surface area (Å²) >= 11 is 0. The first-order valence-corrected chi connectivity index (χ1v) is 12.0. The van der Waals surface area contributed by atoms with Crippen molar-refractivity contribution in [1.82, 2.24) is 9.21 Å². The van der Waals surface area contributed by atoms with E-state index in [4.69, 9.17) is 4.42 Å². The third-order valence-corrected chi connectivity index (χ3v) is 8.13. The number of benzene rings is 3. The van der Waals surface area contributed by atoms with E-state index >= 15 is 0 Å². The van der Waals surface area contributed by atoms with Crippen LogP contribution in [-0.2, 0) is 10.0 Å². The lowest BCUT2D eigenvalue weighted by atomic mass is 10.1. The minimum atomic E-state index is -3.82. The summed E-state index contributed by atoms with van der Waals surface area (Å²) in [6, 6.07) is 19.9. The Bertz CT molecular complexity index is 1540. The van der Waals surface area contributed by atoms with Gasteiger partial charge < -0.3 is 9.32 Å². The number of rotatable bonds is 3. The van der Waals surface area contributed by atoms with Crippen molar-refractivity contribution >= 4 is 37.7 Å². The summed E-state index contributed by atoms with van der Waals surface area (Å²) in [4.78, 5) is 14.9. The molecule has 1 aromatic heterocycles. The fraction of sp³-hybridized carbons (Fsp3) is 0.200. The smallest absolute Gasteiger partial charge is 0.289 e. The van der Waals surface area contributed by atoms with Gasteiger partial charge in [-0.15, -0.1) is 0 Å². The van der Waals surface area contributed by atoms with Crippen molar-refractivity contribution in [1.29, 1.82) is 5.26 Å². The van der Waals surface area contributed by atoms with Crippen molar-refractivity contribution in [2.75, 3.05) is 26.2 Å². The van der Waals surface area contributed by atoms with E-state index in [0.29, 0.717) is 5.58 Å². The number of amides is 1. The second-order valence-electron chi connectivity index (χ2n) is 8.02. The summed E-state index contributed by atoms with van der Waals surface area (Å²) in [5.74, 6) is 0.0368. The topological polar surface area (TPSA) is 94.6 Å². The number of furan rings is 1. The van der Waals surface area contributed by atoms with E-state index < -0.39 is 10.0 Å². The third-order valence-electron chi connectivity index (χ3n) is 6.17. The van der Waals surface area contributed by atoms with Crippen molar-refractivity contribution in [3.05, 3.63) is 77.6 Å². The van der Waals surface area contributed by atoms with Gasteiger partial charge in [-0.3, -0.25) is 4.79 Å². The van der Waals surface area contributed by atoms with Gasteiger partial charge in [0.1, 0.15) is 11.7 Å². The van der Waals surface area contributed by atoms with Gasteiger partial charge in [0.05, 0.1) is 10.5 Å². The lowest BCUT2D eigenvalue weighted by molar-refractivity contribution is 0.0667. The zero-order valence-corrected chi connectivity index (χ0v) is 18.8. The van der Waals surface area contributed by atoms with E-state index in [1.807, 2.05) is 49.4 Å². The Kier molecular flexibility index (Phi) is 5.16. The highest BCUT2D eigenvalue weighted by molar-refractivity contribution is 7.89. The van der Waals surface area contributed by atoms with Crippen molar-refractivity contribution in [3.63, 3.8) is 0 Å². The first kappa shape index (κ1) is 21.2. The molecule has 0 spiro atoms. The number of aryl methyl sites for hydroxylation is 1. The molecule has 1 fully saturated rings. The van der Waals surface area contributed by atoms with Crippen LogP contribution in [0.2, 0.25) is 0 Å². The number of carbonyl (C=O) groups excluding carboxylic acids is 1. The molecule has 4 aromatic rings. The fourth-order valence-electron chi connectivity index (χ4n) is 4.35. The van der Waals surface area contributed by atoms with Crippen LogP contribution < -0.4 is 0 Å². The van der Waals surface area contributed by atoms with Crippen molar-refractivity contribution < 1.29 is 17.6 Å². The molecule has 0 radical (unpaired) electrons. The summed E-state index contributed by atoms with van der Waals surface area (Å²) in [6.45, 7) is 2.65. The van der Waals surface area contributed by atoms with Gasteiger partial charge in [0, 0.05) is 42.5 Å². The maximum Gasteiger partial charge on any atom is 0.289 e. The number of sulfonamides is 1. The Morgan fingerprint density at radius 2 is 1.64 bits per heavy atom. The molecule has 5 rings (SSSR count). The lowest BCUT2D eigenvalue weighted by Crippen LogP contribution is -2.50. The minimum absolute atomic E-state index is 0.00715. The average Bonchev–Trinajstić information content (AvgIpc) is 3.20. The molecule has 1 aliphatic heterocycles. The number of hydrogen-bond acceptors (Lipinski definition) is 5. The van der Waals surface area contributed by atoms with Gasteiger partial charge in [0.25, 0.3) is 5.91 Å². The molecule has 8 heteroatoms. The normalized spacial score (nSPS) is 15.1. The number of fused-ring (bicyclic) bond motifs is 3. The Morgan fingerprint density at radius 3 is 2.39 bits per heavy atom. The number of nitrogens with zero attached hydrogens (tertiary/aromatic N) is 3. The molecule has 0 saturated carbocycles. The van der Waals surface area contributed by atoms with E-state index in [0.717, 1.165) is 21.7 Å². The van der Waals surface area contributed by atoms with Gasteiger partial charge in [0.15, 0.2) is 5.76 Å². The van der Waals surface area contributed by atoms with Gasteiger partial charge in [-0.05, 0) is 24.4 Å². The van der Waals surface area contributed by atoms with Crippen LogP contribution in [0.1, 0.15) is 21.7 Å². The van der Waals surface area contributed by atoms with Gasteiger partial charge in [-0.1, -0.05) is 48.5 Å². The maximum absolute atomic E-state index is 13.3. The van der Waals surface area contributed by atoms with Gasteiger partial charge in [0.2, 0.25) is 10.0 Å². The number of carbonyl (C=O) groups is 1. The fourth-order valence-corrected chi connectivity index (χ4v) is 5.92. The monoisotopic (exact) mass is 459 g/mol. The molecule has 0 unspecified atom stereocenters. The van der Waals surface area contributed by atoms with E-state index in [1.165, 1.54) is 16.4 Å². The first-order chi connectivity index (χ1) is 15.9. The standard InChI is InChI=1S/C25H21N3O4S/c1-17-20-11-10-18-6-2-4-8-21(18)24(20)32-23(17)25(29)27-12-14-28(15-13-27)33(30,31)22-9-5-3-7-19(22)16-26/h2-11H,12-15H2,1H3. The van der Waals surface area contributed by atoms with Crippen LogP contribution in [0.3, 0.4) is 0 Å². The molecule has 33 heavy (non-hydrogen) atoms. The van der Waals surface area contributed by atoms with Crippen LogP contribution >= 0.6 is 0 Å². The maximum atomic E-state index is 13.3. The lowest BCUT2D eigenvalue weighted by Gasteiger charge is -2.33. The summed E-state index contributed by atoms with van der Waals surface area (Å²) in [6.07, 6.45) is 0. The van der Waals surface area contributed by atoms with Crippen LogP contribution in [0.15, 0.2) is 70.0 Å². The molecule has 0 bridgehead atoms. The molecule has 7 nitrogen and oxygen atoms in total. The molecule has 1 aliphatic rings. The predicted octanol–water partition coefficient (Wildman–Crippen LogP) is 3.91. The SMILES string of the molecule is Cc1c(C(=O)N2CCN(S(=O)(=O)c3ccccc3C#N)CC2)oc2c1ccc1ccccc12. The number of nitriles is 1. The molecule has 166 valence electrons. The van der Waals surface area contributed by atoms with Gasteiger partial charge in [-0.25, -0.2) is 8.42 Å². The number of piperazine rings is 1. The molecule has 0 atom stereocenters. The van der Waals surface area contributed by atoms with Gasteiger partial charge >= 0.3 is 0 Å². The molecule has 1 saturated heterocycles. The van der Waals surface area contributed by atoms with Crippen molar-refractivity contribution in [3.8, 4) is 6.07 Å². The minimum Gasteiger partial charge on any atom is -0.450 e. The van der Waals surface area contributed by atoms with E-state index in [1.54, 1.807) is 17.0 Å². The highest BCUT2D eigenvalue weighted by Crippen LogP contribution is 2.32. The summed E-state index contributed by atoms with van der Waals surface area (Å²) < 4.78 is 33.5. The molecule has 0 N–H and O–H groups in total. The van der Waals surface area contributed by atoms with E-state index in [2.05, 4.69) is 0 Å². The zero-order valence-electron chi connectivity index (χ0n) is 18.0. The molecule has 3 aromatic carbocycles. The van der Waals surface area contributed by atoms with Crippen molar-refractivity contribution in [2.45, 2.75) is 11.8 Å². The molecule has 1 amide bonds. The zero-order chi connectivity index (χ0) is 23.2. The summed E-state index contributed by atoms with van der Waals surface area (Å²) in [5, 5.41) is 12.2.